The number of anilines is 2. The molecule has 2 fully saturated rings. The number of amides is 1. The van der Waals surface area contributed by atoms with Gasteiger partial charge in [-0.3, -0.25) is 4.79 Å². The fourth-order valence-corrected chi connectivity index (χ4v) is 2.82. The Hall–Kier alpha value is -2.49. The number of carbonyl (C=O) groups excluding carboxylic acids is 1. The summed E-state index contributed by atoms with van der Waals surface area (Å²) in [4.78, 5) is 15.6. The van der Waals surface area contributed by atoms with Crippen molar-refractivity contribution in [3.05, 3.63) is 59.7 Å². The van der Waals surface area contributed by atoms with E-state index in [9.17, 15) is 4.79 Å². The first kappa shape index (κ1) is 13.2. The normalized spacial score (nSPS) is 15.9. The zero-order valence-corrected chi connectivity index (χ0v) is 12.4. The number of benzene rings is 2. The predicted octanol–water partition coefficient (Wildman–Crippen LogP) is 2.16. The molecule has 2 aromatic carbocycles. The van der Waals surface area contributed by atoms with E-state index in [1.807, 2.05) is 0 Å². The van der Waals surface area contributed by atoms with Gasteiger partial charge in [-0.1, -0.05) is 24.3 Å². The van der Waals surface area contributed by atoms with Crippen molar-refractivity contribution in [2.45, 2.75) is 6.04 Å². The number of nitrogens with one attached hydrogen (secondary N) is 1. The van der Waals surface area contributed by atoms with E-state index in [-0.39, 0.29) is 6.04 Å². The summed E-state index contributed by atoms with van der Waals surface area (Å²) in [6.45, 7) is 4.58. The molecule has 0 unspecified atom stereocenters. The number of rotatable bonds is 6. The van der Waals surface area contributed by atoms with Gasteiger partial charge in [-0.05, 0) is 35.4 Å². The predicted molar refractivity (Wildman–Crippen MR) is 88.4 cm³/mol. The Labute approximate surface area is 130 Å². The average Bonchev–Trinajstić information content (AvgIpc) is 3.45. The Morgan fingerprint density at radius 2 is 1.18 bits per heavy atom. The van der Waals surface area contributed by atoms with E-state index in [0.29, 0.717) is 0 Å². The van der Waals surface area contributed by atoms with Crippen LogP contribution in [0.4, 0.5) is 11.4 Å². The maximum Gasteiger partial charge on any atom is 0.207 e. The van der Waals surface area contributed by atoms with Crippen molar-refractivity contribution < 1.29 is 4.79 Å². The summed E-state index contributed by atoms with van der Waals surface area (Å²) < 4.78 is 0. The van der Waals surface area contributed by atoms with Crippen LogP contribution in [0, 0.1) is 0 Å². The summed E-state index contributed by atoms with van der Waals surface area (Å²) in [6.07, 6.45) is 0.779. The molecule has 22 heavy (non-hydrogen) atoms. The lowest BCUT2D eigenvalue weighted by molar-refractivity contribution is -0.110. The van der Waals surface area contributed by atoms with Crippen LogP contribution >= 0.6 is 0 Å². The molecule has 2 aromatic rings. The van der Waals surface area contributed by atoms with Crippen molar-refractivity contribution in [1.29, 1.82) is 0 Å². The summed E-state index contributed by atoms with van der Waals surface area (Å²) in [6, 6.07) is 16.8. The van der Waals surface area contributed by atoms with Crippen LogP contribution in [0.15, 0.2) is 48.5 Å². The molecule has 2 aliphatic rings. The molecule has 4 nitrogen and oxygen atoms in total. The molecule has 112 valence electrons. The van der Waals surface area contributed by atoms with E-state index < -0.39 is 0 Å². The van der Waals surface area contributed by atoms with Gasteiger partial charge in [0.2, 0.25) is 6.41 Å². The van der Waals surface area contributed by atoms with Gasteiger partial charge in [-0.2, -0.15) is 0 Å². The SMILES string of the molecule is O=CNC(c1ccc(N2CC2)cc1)c1ccc(N2CC2)cc1. The zero-order valence-electron chi connectivity index (χ0n) is 12.4. The minimum absolute atomic E-state index is 0.0935. The molecule has 0 saturated carbocycles. The van der Waals surface area contributed by atoms with E-state index >= 15 is 0 Å². The largest absolute Gasteiger partial charge is 0.368 e. The van der Waals surface area contributed by atoms with Gasteiger partial charge in [0, 0.05) is 37.6 Å². The molecule has 1 N–H and O–H groups in total. The van der Waals surface area contributed by atoms with E-state index in [0.717, 1.165) is 43.7 Å². The number of hydrogen-bond acceptors (Lipinski definition) is 3. The fourth-order valence-electron chi connectivity index (χ4n) is 2.82. The van der Waals surface area contributed by atoms with Crippen LogP contribution < -0.4 is 15.1 Å². The highest BCUT2D eigenvalue weighted by Gasteiger charge is 2.20. The van der Waals surface area contributed by atoms with Crippen molar-refractivity contribution in [2.75, 3.05) is 36.0 Å². The molecule has 0 aromatic heterocycles. The topological polar surface area (TPSA) is 35.1 Å². The first-order chi connectivity index (χ1) is 10.8. The maximum atomic E-state index is 11.0. The molecule has 2 aliphatic heterocycles. The second-order valence-corrected chi connectivity index (χ2v) is 5.87. The van der Waals surface area contributed by atoms with E-state index in [2.05, 4.69) is 63.6 Å². The number of nitrogens with zero attached hydrogens (tertiary/aromatic N) is 2. The zero-order chi connectivity index (χ0) is 14.9. The highest BCUT2D eigenvalue weighted by atomic mass is 16.1. The molecular formula is C18H19N3O. The molecule has 0 spiro atoms. The van der Waals surface area contributed by atoms with Crippen LogP contribution in [0.1, 0.15) is 17.2 Å². The molecule has 4 heteroatoms. The minimum atomic E-state index is -0.0935. The molecule has 1 amide bonds. The number of hydrogen-bond donors (Lipinski definition) is 1. The van der Waals surface area contributed by atoms with Crippen LogP contribution in [-0.2, 0) is 4.79 Å². The summed E-state index contributed by atoms with van der Waals surface area (Å²) >= 11 is 0. The second-order valence-electron chi connectivity index (χ2n) is 5.87. The van der Waals surface area contributed by atoms with Crippen molar-refractivity contribution >= 4 is 17.8 Å². The second kappa shape index (κ2) is 5.37. The minimum Gasteiger partial charge on any atom is -0.368 e. The van der Waals surface area contributed by atoms with Crippen molar-refractivity contribution in [3.63, 3.8) is 0 Å². The van der Waals surface area contributed by atoms with E-state index in [1.165, 1.54) is 11.4 Å². The smallest absolute Gasteiger partial charge is 0.207 e. The molecule has 0 radical (unpaired) electrons. The monoisotopic (exact) mass is 293 g/mol. The van der Waals surface area contributed by atoms with Crippen LogP contribution in [0.25, 0.3) is 0 Å². The average molecular weight is 293 g/mol. The van der Waals surface area contributed by atoms with Gasteiger partial charge in [0.1, 0.15) is 0 Å². The van der Waals surface area contributed by atoms with Crippen molar-refractivity contribution in [3.8, 4) is 0 Å². The molecule has 2 heterocycles. The van der Waals surface area contributed by atoms with Gasteiger partial charge in [-0.15, -0.1) is 0 Å². The molecule has 0 bridgehead atoms. The van der Waals surface area contributed by atoms with Gasteiger partial charge in [0.15, 0.2) is 0 Å². The van der Waals surface area contributed by atoms with Crippen molar-refractivity contribution in [2.24, 2.45) is 0 Å². The Balaban J connectivity index is 1.59. The Kier molecular flexibility index (Phi) is 3.22. The lowest BCUT2D eigenvalue weighted by Crippen LogP contribution is -2.20. The third-order valence-corrected chi connectivity index (χ3v) is 4.31. The van der Waals surface area contributed by atoms with Crippen LogP contribution in [0.2, 0.25) is 0 Å². The maximum absolute atomic E-state index is 11.0. The Morgan fingerprint density at radius 3 is 1.50 bits per heavy atom. The van der Waals surface area contributed by atoms with Gasteiger partial charge < -0.3 is 15.1 Å². The van der Waals surface area contributed by atoms with Crippen LogP contribution in [0.3, 0.4) is 0 Å². The Morgan fingerprint density at radius 1 is 0.773 bits per heavy atom. The van der Waals surface area contributed by atoms with Crippen molar-refractivity contribution in [1.82, 2.24) is 5.32 Å². The third kappa shape index (κ3) is 2.64. The lowest BCUT2D eigenvalue weighted by atomic mass is 9.98. The molecular weight excluding hydrogens is 274 g/mol. The van der Waals surface area contributed by atoms with E-state index in [4.69, 9.17) is 0 Å². The van der Waals surface area contributed by atoms with Gasteiger partial charge in [0.25, 0.3) is 0 Å². The summed E-state index contributed by atoms with van der Waals surface area (Å²) in [5, 5.41) is 2.94. The quantitative estimate of drug-likeness (QED) is 0.655. The third-order valence-electron chi connectivity index (χ3n) is 4.31. The molecule has 0 aliphatic carbocycles. The molecule has 0 atom stereocenters. The molecule has 4 rings (SSSR count). The first-order valence-electron chi connectivity index (χ1n) is 7.75. The fraction of sp³-hybridized carbons (Fsp3) is 0.278. The summed E-state index contributed by atoms with van der Waals surface area (Å²) in [5.74, 6) is 0. The lowest BCUT2D eigenvalue weighted by Gasteiger charge is -2.18. The van der Waals surface area contributed by atoms with Gasteiger partial charge in [0.05, 0.1) is 6.04 Å². The van der Waals surface area contributed by atoms with E-state index in [1.54, 1.807) is 0 Å². The first-order valence-corrected chi connectivity index (χ1v) is 7.75. The van der Waals surface area contributed by atoms with Crippen LogP contribution in [-0.4, -0.2) is 32.6 Å². The van der Waals surface area contributed by atoms with Gasteiger partial charge in [-0.25, -0.2) is 0 Å². The molecule has 2 saturated heterocycles. The van der Waals surface area contributed by atoms with Crippen LogP contribution in [0.5, 0.6) is 0 Å². The Bertz CT molecular complexity index is 602. The standard InChI is InChI=1S/C18H19N3O/c22-13-19-18(14-1-5-16(6-2-14)20-9-10-20)15-3-7-17(8-4-15)21-11-12-21/h1-8,13,18H,9-12H2,(H,19,22). The number of carbonyl (C=O) groups is 1. The summed E-state index contributed by atoms with van der Waals surface area (Å²) in [5.41, 5.74) is 4.73. The highest BCUT2D eigenvalue weighted by Crippen LogP contribution is 2.28. The summed E-state index contributed by atoms with van der Waals surface area (Å²) in [7, 11) is 0. The highest BCUT2D eigenvalue weighted by molar-refractivity contribution is 5.57. The van der Waals surface area contributed by atoms with Gasteiger partial charge >= 0.3 is 0 Å².